The number of nitriles is 1. The fourth-order valence-electron chi connectivity index (χ4n) is 3.00. The molecule has 0 spiro atoms. The Hall–Kier alpha value is -3.98. The third kappa shape index (κ3) is 4.14. The minimum atomic E-state index is -1.15. The summed E-state index contributed by atoms with van der Waals surface area (Å²) in [5, 5.41) is 19.0. The maximum Gasteiger partial charge on any atom is 0.335 e. The van der Waals surface area contributed by atoms with Gasteiger partial charge in [0.2, 0.25) is 0 Å². The van der Waals surface area contributed by atoms with Gasteiger partial charge in [0.25, 0.3) is 5.91 Å². The van der Waals surface area contributed by atoms with Gasteiger partial charge in [0, 0.05) is 18.3 Å². The van der Waals surface area contributed by atoms with Gasteiger partial charge in [-0.3, -0.25) is 9.78 Å². The Morgan fingerprint density at radius 3 is 2.38 bits per heavy atom. The molecule has 6 heteroatoms. The third-order valence-electron chi connectivity index (χ3n) is 4.62. The van der Waals surface area contributed by atoms with Crippen LogP contribution in [0.25, 0.3) is 11.1 Å². The van der Waals surface area contributed by atoms with Crippen molar-refractivity contribution in [3.05, 3.63) is 82.7 Å². The average Bonchev–Trinajstić information content (AvgIpc) is 2.72. The number of rotatable bonds is 4. The molecule has 3 rings (SSSR count). The maximum atomic E-state index is 13.0. The van der Waals surface area contributed by atoms with Crippen molar-refractivity contribution in [1.29, 1.82) is 5.26 Å². The number of carboxylic acid groups (broad SMARTS) is 1. The number of aryl methyl sites for hydroxylation is 2. The van der Waals surface area contributed by atoms with Crippen LogP contribution in [0.3, 0.4) is 0 Å². The molecular formula is C23H19N3O3. The van der Waals surface area contributed by atoms with Crippen LogP contribution in [0.5, 0.6) is 0 Å². The van der Waals surface area contributed by atoms with Crippen LogP contribution < -0.4 is 4.90 Å². The summed E-state index contributed by atoms with van der Waals surface area (Å²) >= 11 is 0. The second kappa shape index (κ2) is 7.95. The molecule has 0 aliphatic heterocycles. The molecule has 144 valence electrons. The van der Waals surface area contributed by atoms with Crippen molar-refractivity contribution in [3.8, 4) is 17.2 Å². The van der Waals surface area contributed by atoms with E-state index in [9.17, 15) is 20.0 Å². The molecule has 0 unspecified atom stereocenters. The zero-order valence-electron chi connectivity index (χ0n) is 16.3. The number of carbonyl (C=O) groups is 2. The van der Waals surface area contributed by atoms with Crippen LogP contribution in [-0.4, -0.2) is 29.0 Å². The summed E-state index contributed by atoms with van der Waals surface area (Å²) < 4.78 is 0. The van der Waals surface area contributed by atoms with E-state index in [1.807, 2.05) is 19.9 Å². The van der Waals surface area contributed by atoms with Crippen molar-refractivity contribution in [2.45, 2.75) is 13.8 Å². The molecule has 0 saturated carbocycles. The summed E-state index contributed by atoms with van der Waals surface area (Å²) in [5.41, 5.74) is 4.03. The number of hydrogen-bond acceptors (Lipinski definition) is 4. The molecule has 0 fully saturated rings. The monoisotopic (exact) mass is 385 g/mol. The number of carbonyl (C=O) groups excluding carboxylic acids is 1. The molecule has 1 aromatic heterocycles. The van der Waals surface area contributed by atoms with Gasteiger partial charge >= 0.3 is 5.97 Å². The first kappa shape index (κ1) is 19.8. The zero-order valence-corrected chi connectivity index (χ0v) is 16.3. The van der Waals surface area contributed by atoms with Crippen LogP contribution in [0, 0.1) is 25.2 Å². The number of pyridine rings is 1. The summed E-state index contributed by atoms with van der Waals surface area (Å²) in [7, 11) is 1.61. The molecule has 1 heterocycles. The first-order valence-electron chi connectivity index (χ1n) is 8.90. The second-order valence-electron chi connectivity index (χ2n) is 6.79. The van der Waals surface area contributed by atoms with Crippen molar-refractivity contribution in [2.75, 3.05) is 11.9 Å². The molecule has 2 aromatic carbocycles. The highest BCUT2D eigenvalue weighted by molar-refractivity contribution is 6.07. The van der Waals surface area contributed by atoms with Gasteiger partial charge in [-0.05, 0) is 66.9 Å². The average molecular weight is 385 g/mol. The van der Waals surface area contributed by atoms with E-state index in [1.54, 1.807) is 43.6 Å². The minimum absolute atomic E-state index is 0.0225. The van der Waals surface area contributed by atoms with Gasteiger partial charge in [-0.1, -0.05) is 12.1 Å². The first-order valence-corrected chi connectivity index (χ1v) is 8.90. The Morgan fingerprint density at radius 1 is 1.03 bits per heavy atom. The Morgan fingerprint density at radius 2 is 1.76 bits per heavy atom. The van der Waals surface area contributed by atoms with E-state index < -0.39 is 5.97 Å². The number of aromatic nitrogens is 1. The Kier molecular flexibility index (Phi) is 5.42. The van der Waals surface area contributed by atoms with Gasteiger partial charge in [-0.15, -0.1) is 0 Å². The molecular weight excluding hydrogens is 366 g/mol. The summed E-state index contributed by atoms with van der Waals surface area (Å²) in [6.07, 6.45) is 1.59. The topological polar surface area (TPSA) is 94.3 Å². The number of benzene rings is 2. The van der Waals surface area contributed by atoms with E-state index in [-0.39, 0.29) is 17.0 Å². The first-order chi connectivity index (χ1) is 13.8. The maximum absolute atomic E-state index is 13.0. The number of hydrogen-bond donors (Lipinski definition) is 1. The van der Waals surface area contributed by atoms with Crippen LogP contribution in [-0.2, 0) is 0 Å². The lowest BCUT2D eigenvalue weighted by Crippen LogP contribution is -2.26. The van der Waals surface area contributed by atoms with Gasteiger partial charge in [0.1, 0.15) is 0 Å². The van der Waals surface area contributed by atoms with E-state index in [2.05, 4.69) is 11.1 Å². The summed E-state index contributed by atoms with van der Waals surface area (Å²) in [5.74, 6) is -1.52. The smallest absolute Gasteiger partial charge is 0.335 e. The predicted octanol–water partition coefficient (Wildman–Crippen LogP) is 4.21. The Bertz CT molecular complexity index is 1150. The van der Waals surface area contributed by atoms with Crippen LogP contribution in [0.1, 0.15) is 37.5 Å². The Labute approximate surface area is 168 Å². The van der Waals surface area contributed by atoms with Crippen molar-refractivity contribution in [1.82, 2.24) is 4.98 Å². The molecule has 0 saturated heterocycles. The number of nitrogens with zero attached hydrogens (tertiary/aromatic N) is 3. The quantitative estimate of drug-likeness (QED) is 0.726. The fraction of sp³-hybridized carbons (Fsp3) is 0.130. The van der Waals surface area contributed by atoms with Gasteiger partial charge in [0.15, 0.2) is 0 Å². The Balaban J connectivity index is 2.10. The zero-order chi connectivity index (χ0) is 21.1. The number of carboxylic acids is 1. The molecule has 0 aliphatic carbocycles. The number of aromatic carboxylic acids is 1. The number of amides is 1. The summed E-state index contributed by atoms with van der Waals surface area (Å²) in [4.78, 5) is 30.3. The van der Waals surface area contributed by atoms with Crippen LogP contribution in [0.15, 0.2) is 54.7 Å². The van der Waals surface area contributed by atoms with Gasteiger partial charge in [-0.2, -0.15) is 5.26 Å². The highest BCUT2D eigenvalue weighted by Gasteiger charge is 2.19. The molecule has 1 N–H and O–H groups in total. The molecule has 6 nitrogen and oxygen atoms in total. The van der Waals surface area contributed by atoms with Crippen molar-refractivity contribution in [3.63, 3.8) is 0 Å². The lowest BCUT2D eigenvalue weighted by Gasteiger charge is -2.18. The van der Waals surface area contributed by atoms with Crippen molar-refractivity contribution < 1.29 is 14.7 Å². The highest BCUT2D eigenvalue weighted by Crippen LogP contribution is 2.28. The van der Waals surface area contributed by atoms with Crippen LogP contribution >= 0.6 is 0 Å². The van der Waals surface area contributed by atoms with E-state index in [0.717, 1.165) is 11.3 Å². The lowest BCUT2D eigenvalue weighted by atomic mass is 9.95. The van der Waals surface area contributed by atoms with Crippen LogP contribution in [0.2, 0.25) is 0 Å². The van der Waals surface area contributed by atoms with E-state index in [4.69, 9.17) is 0 Å². The lowest BCUT2D eigenvalue weighted by molar-refractivity contribution is 0.0697. The molecule has 0 atom stereocenters. The predicted molar refractivity (Wildman–Crippen MR) is 110 cm³/mol. The molecule has 1 amide bonds. The molecule has 0 aliphatic rings. The van der Waals surface area contributed by atoms with E-state index in [1.165, 1.54) is 17.0 Å². The largest absolute Gasteiger partial charge is 0.478 e. The standard InChI is InChI=1S/C23H19N3O3/c1-14-4-7-21(19(8-14)12-24)16-9-17(11-18(10-16)23(28)29)22(27)26(3)20-6-5-15(2)25-13-20/h4-11,13H,1-3H3,(H,28,29). The highest BCUT2D eigenvalue weighted by atomic mass is 16.4. The second-order valence-corrected chi connectivity index (χ2v) is 6.79. The van der Waals surface area contributed by atoms with Crippen molar-refractivity contribution in [2.24, 2.45) is 0 Å². The molecule has 0 bridgehead atoms. The molecule has 3 aromatic rings. The summed E-state index contributed by atoms with van der Waals surface area (Å²) in [6.45, 7) is 3.72. The SMILES string of the molecule is Cc1ccc(-c2cc(C(=O)O)cc(C(=O)N(C)c3ccc(C)nc3)c2)c(C#N)c1. The normalized spacial score (nSPS) is 10.3. The van der Waals surface area contributed by atoms with E-state index >= 15 is 0 Å². The molecule has 0 radical (unpaired) electrons. The molecule has 29 heavy (non-hydrogen) atoms. The minimum Gasteiger partial charge on any atom is -0.478 e. The van der Waals surface area contributed by atoms with Crippen LogP contribution in [0.4, 0.5) is 5.69 Å². The van der Waals surface area contributed by atoms with Gasteiger partial charge in [-0.25, -0.2) is 4.79 Å². The van der Waals surface area contributed by atoms with E-state index in [0.29, 0.717) is 22.4 Å². The van der Waals surface area contributed by atoms with Crippen molar-refractivity contribution >= 4 is 17.6 Å². The van der Waals surface area contributed by atoms with Gasteiger partial charge in [0.05, 0.1) is 29.1 Å². The number of anilines is 1. The van der Waals surface area contributed by atoms with Gasteiger partial charge < -0.3 is 10.0 Å². The summed E-state index contributed by atoms with van der Waals surface area (Å²) in [6, 6.07) is 15.5. The third-order valence-corrected chi connectivity index (χ3v) is 4.62. The fourth-order valence-corrected chi connectivity index (χ4v) is 3.00.